The Morgan fingerprint density at radius 3 is 2.10 bits per heavy atom. The van der Waals surface area contributed by atoms with E-state index in [4.69, 9.17) is 14.6 Å². The van der Waals surface area contributed by atoms with Gasteiger partial charge in [-0.25, -0.2) is 8.78 Å². The van der Waals surface area contributed by atoms with Crippen LogP contribution >= 0.6 is 0 Å². The Hall–Kier alpha value is -5.07. The number of hydrogen-bond donors (Lipinski definition) is 3. The van der Waals surface area contributed by atoms with Gasteiger partial charge in [0.05, 0.1) is 25.3 Å². The number of rotatable bonds is 6. The van der Waals surface area contributed by atoms with Gasteiger partial charge in [-0.15, -0.1) is 0 Å². The summed E-state index contributed by atoms with van der Waals surface area (Å²) in [6, 6.07) is 12.4. The van der Waals surface area contributed by atoms with Gasteiger partial charge in [0.25, 0.3) is 5.91 Å². The van der Waals surface area contributed by atoms with Crippen LogP contribution in [0, 0.1) is 11.6 Å². The molecule has 0 unspecified atom stereocenters. The highest BCUT2D eigenvalue weighted by molar-refractivity contribution is 6.06. The van der Waals surface area contributed by atoms with Crippen molar-refractivity contribution in [3.63, 3.8) is 0 Å². The number of aromatic amines is 1. The number of aromatic hydroxyl groups is 1. The van der Waals surface area contributed by atoms with Crippen LogP contribution in [0.2, 0.25) is 0 Å². The molecule has 0 spiro atoms. The molecule has 0 bridgehead atoms. The van der Waals surface area contributed by atoms with Crippen LogP contribution in [0.15, 0.2) is 77.7 Å². The Morgan fingerprint density at radius 1 is 0.875 bits per heavy atom. The smallest absolute Gasteiger partial charge is 0.416 e. The molecule has 13 heteroatoms. The van der Waals surface area contributed by atoms with Crippen LogP contribution in [-0.2, 0) is 6.18 Å². The highest BCUT2D eigenvalue weighted by Gasteiger charge is 2.32. The molecule has 0 saturated heterocycles. The van der Waals surface area contributed by atoms with E-state index < -0.39 is 40.6 Å². The molecule has 3 N–H and O–H groups in total. The van der Waals surface area contributed by atoms with Crippen LogP contribution in [0.25, 0.3) is 0 Å². The summed E-state index contributed by atoms with van der Waals surface area (Å²) in [5, 5.41) is 11.3. The number of para-hydroxylation sites is 2. The number of nitrogens with one attached hydrogen (secondary N) is 2. The molecule has 210 valence electrons. The van der Waals surface area contributed by atoms with E-state index in [2.05, 4.69) is 15.0 Å². The Morgan fingerprint density at radius 2 is 1.52 bits per heavy atom. The summed E-state index contributed by atoms with van der Waals surface area (Å²) in [4.78, 5) is 26.4. The Kier molecular flexibility index (Phi) is 9.33. The maximum Gasteiger partial charge on any atom is 0.416 e. The van der Waals surface area contributed by atoms with Gasteiger partial charge in [-0.1, -0.05) is 12.1 Å². The number of phenols is 1. The number of pyridine rings is 1. The van der Waals surface area contributed by atoms with Crippen molar-refractivity contribution in [2.45, 2.75) is 6.18 Å². The lowest BCUT2D eigenvalue weighted by Crippen LogP contribution is -2.16. The van der Waals surface area contributed by atoms with Gasteiger partial charge in [0.15, 0.2) is 34.6 Å². The molecular formula is C27H21F5N2O6. The molecule has 8 nitrogen and oxygen atoms in total. The lowest BCUT2D eigenvalue weighted by Gasteiger charge is -2.16. The summed E-state index contributed by atoms with van der Waals surface area (Å²) < 4.78 is 80.8. The van der Waals surface area contributed by atoms with Gasteiger partial charge in [-0.05, 0) is 48.5 Å². The van der Waals surface area contributed by atoms with Crippen LogP contribution < -0.4 is 25.1 Å². The van der Waals surface area contributed by atoms with E-state index in [1.165, 1.54) is 49.7 Å². The topological polar surface area (TPSA) is 110 Å². The van der Waals surface area contributed by atoms with Crippen molar-refractivity contribution in [2.24, 2.45) is 0 Å². The average molecular weight is 564 g/mol. The number of halogens is 5. The molecular weight excluding hydrogens is 543 g/mol. The van der Waals surface area contributed by atoms with Gasteiger partial charge in [0, 0.05) is 18.0 Å². The fraction of sp³-hybridized carbons (Fsp3) is 0.111. The largest absolute Gasteiger partial charge is 0.504 e. The Balaban J connectivity index is 0.000000371. The van der Waals surface area contributed by atoms with Gasteiger partial charge in [0.1, 0.15) is 5.75 Å². The predicted molar refractivity (Wildman–Crippen MR) is 134 cm³/mol. The maximum absolute atomic E-state index is 13.9. The van der Waals surface area contributed by atoms with E-state index in [-0.39, 0.29) is 34.2 Å². The molecule has 1 amide bonds. The third-order valence-corrected chi connectivity index (χ3v) is 5.09. The molecule has 0 aliphatic heterocycles. The van der Waals surface area contributed by atoms with Crippen LogP contribution in [0.4, 0.5) is 27.6 Å². The third-order valence-electron chi connectivity index (χ3n) is 5.09. The lowest BCUT2D eigenvalue weighted by atomic mass is 10.1. The first-order chi connectivity index (χ1) is 18.9. The quantitative estimate of drug-likeness (QED) is 0.243. The first kappa shape index (κ1) is 29.5. The second-order valence-corrected chi connectivity index (χ2v) is 7.77. The SMILES string of the molecule is COc1c(F)cccc1Oc1cc(C(F)(F)F)ccc1C(=O)Nc1cc[nH]c(=O)c1.COc1c(O)cccc1F. The molecule has 0 radical (unpaired) electrons. The fourth-order valence-electron chi connectivity index (χ4n) is 3.28. The minimum Gasteiger partial charge on any atom is -0.504 e. The normalized spacial score (nSPS) is 10.7. The molecule has 0 fully saturated rings. The van der Waals surface area contributed by atoms with E-state index in [1.807, 2.05) is 0 Å². The van der Waals surface area contributed by atoms with Gasteiger partial charge in [-0.2, -0.15) is 13.2 Å². The van der Waals surface area contributed by atoms with Crippen LogP contribution in [-0.4, -0.2) is 30.2 Å². The first-order valence-electron chi connectivity index (χ1n) is 11.2. The molecule has 0 aliphatic rings. The summed E-state index contributed by atoms with van der Waals surface area (Å²) in [6.45, 7) is 0. The number of methoxy groups -OCH3 is 2. The second-order valence-electron chi connectivity index (χ2n) is 7.77. The molecule has 3 aromatic carbocycles. The number of aromatic nitrogens is 1. The number of carbonyl (C=O) groups excluding carboxylic acids is 1. The summed E-state index contributed by atoms with van der Waals surface area (Å²) in [6.07, 6.45) is -3.41. The van der Waals surface area contributed by atoms with E-state index in [1.54, 1.807) is 0 Å². The van der Waals surface area contributed by atoms with Crippen molar-refractivity contribution in [1.82, 2.24) is 4.98 Å². The molecule has 0 atom stereocenters. The molecule has 40 heavy (non-hydrogen) atoms. The van der Waals surface area contributed by atoms with Gasteiger partial charge in [-0.3, -0.25) is 9.59 Å². The van der Waals surface area contributed by atoms with Gasteiger partial charge < -0.3 is 29.6 Å². The third kappa shape index (κ3) is 7.28. The molecule has 4 rings (SSSR count). The zero-order valence-electron chi connectivity index (χ0n) is 20.8. The van der Waals surface area contributed by atoms with Gasteiger partial charge >= 0.3 is 6.18 Å². The molecule has 0 saturated carbocycles. The number of benzene rings is 3. The zero-order valence-corrected chi connectivity index (χ0v) is 20.8. The molecule has 1 aromatic heterocycles. The minimum atomic E-state index is -4.70. The number of ether oxygens (including phenoxy) is 3. The number of amides is 1. The predicted octanol–water partition coefficient (Wildman–Crippen LogP) is 6.13. The fourth-order valence-corrected chi connectivity index (χ4v) is 3.28. The summed E-state index contributed by atoms with van der Waals surface area (Å²) in [5.74, 6) is -3.50. The average Bonchev–Trinajstić information content (AvgIpc) is 2.89. The first-order valence-corrected chi connectivity index (χ1v) is 11.2. The Labute approximate surface area is 223 Å². The van der Waals surface area contributed by atoms with Crippen molar-refractivity contribution in [3.05, 3.63) is 106 Å². The summed E-state index contributed by atoms with van der Waals surface area (Å²) >= 11 is 0. The van der Waals surface area contributed by atoms with E-state index >= 15 is 0 Å². The Bertz CT molecular complexity index is 1540. The number of H-pyrrole nitrogens is 1. The van der Waals surface area contributed by atoms with Crippen molar-refractivity contribution < 1.29 is 46.1 Å². The van der Waals surface area contributed by atoms with E-state index in [9.17, 15) is 31.5 Å². The van der Waals surface area contributed by atoms with E-state index in [0.29, 0.717) is 12.1 Å². The lowest BCUT2D eigenvalue weighted by molar-refractivity contribution is -0.137. The highest BCUT2D eigenvalue weighted by Crippen LogP contribution is 2.38. The molecule has 0 aliphatic carbocycles. The van der Waals surface area contributed by atoms with Crippen molar-refractivity contribution >= 4 is 11.6 Å². The number of alkyl halides is 3. The van der Waals surface area contributed by atoms with Gasteiger partial charge in [0.2, 0.25) is 5.56 Å². The van der Waals surface area contributed by atoms with Crippen LogP contribution in [0.5, 0.6) is 28.7 Å². The van der Waals surface area contributed by atoms with E-state index in [0.717, 1.165) is 25.3 Å². The van der Waals surface area contributed by atoms with Crippen molar-refractivity contribution in [1.29, 1.82) is 0 Å². The van der Waals surface area contributed by atoms with Crippen molar-refractivity contribution in [3.8, 4) is 28.7 Å². The molecule has 1 heterocycles. The number of anilines is 1. The highest BCUT2D eigenvalue weighted by atomic mass is 19.4. The standard InChI is InChI=1S/C20H14F4N2O4.C7H7FO2/c1-29-18-14(21)3-2-4-15(18)30-16-9-11(20(22,23)24)5-6-13(16)19(28)26-12-7-8-25-17(27)10-12;1-10-7-5(8)3-2-4-6(7)9/h2-10H,1H3,(H2,25,26,27,28);2-4,9H,1H3. The number of carbonyl (C=O) groups is 1. The monoisotopic (exact) mass is 564 g/mol. The summed E-state index contributed by atoms with van der Waals surface area (Å²) in [7, 11) is 2.47. The molecule has 4 aromatic rings. The van der Waals surface area contributed by atoms with Crippen molar-refractivity contribution in [2.75, 3.05) is 19.5 Å². The second kappa shape index (κ2) is 12.7. The summed E-state index contributed by atoms with van der Waals surface area (Å²) in [5.41, 5.74) is -1.70. The maximum atomic E-state index is 13.9. The number of phenolic OH excluding ortho intramolecular Hbond substituents is 1. The number of hydrogen-bond acceptors (Lipinski definition) is 6. The zero-order chi connectivity index (χ0) is 29.4. The minimum absolute atomic E-state index is 0.109. The van der Waals surface area contributed by atoms with Crippen LogP contribution in [0.3, 0.4) is 0 Å². The van der Waals surface area contributed by atoms with Crippen LogP contribution in [0.1, 0.15) is 15.9 Å².